The third-order valence-corrected chi connectivity index (χ3v) is 4.52. The molecule has 1 N–H and O–H groups in total. The Morgan fingerprint density at radius 1 is 1.44 bits per heavy atom. The van der Waals surface area contributed by atoms with Crippen LogP contribution in [0, 0.1) is 11.8 Å². The van der Waals surface area contributed by atoms with Gasteiger partial charge in [-0.2, -0.15) is 0 Å². The molecule has 1 atom stereocenters. The lowest BCUT2D eigenvalue weighted by Crippen LogP contribution is -2.38. The second-order valence-electron chi connectivity index (χ2n) is 4.75. The van der Waals surface area contributed by atoms with Crippen LogP contribution in [0.4, 0.5) is 0 Å². The van der Waals surface area contributed by atoms with Crippen LogP contribution in [0.2, 0.25) is 0 Å². The smallest absolute Gasteiger partial charge is 0.104 e. The lowest BCUT2D eigenvalue weighted by Gasteiger charge is -2.34. The molecule has 0 radical (unpaired) electrons. The Balaban J connectivity index is 1.97. The minimum absolute atomic E-state index is 0.0583. The monoisotopic (exact) mass is 263 g/mol. The molecule has 1 aromatic rings. The Bertz CT molecular complexity index is 429. The molecule has 1 aliphatic heterocycles. The zero-order valence-electron chi connectivity index (χ0n) is 11.0. The lowest BCUT2D eigenvalue weighted by atomic mass is 10.00. The normalized spacial score (nSPS) is 20.4. The minimum atomic E-state index is -0.0583. The van der Waals surface area contributed by atoms with Crippen LogP contribution in [-0.4, -0.2) is 29.2 Å². The summed E-state index contributed by atoms with van der Waals surface area (Å²) in [4.78, 5) is 5.06. The first-order valence-corrected chi connectivity index (χ1v) is 7.57. The van der Waals surface area contributed by atoms with Crippen LogP contribution in [0.1, 0.15) is 42.4 Å². The summed E-state index contributed by atoms with van der Waals surface area (Å²) in [5.41, 5.74) is 0. The molecular weight excluding hydrogens is 242 g/mol. The van der Waals surface area contributed by atoms with Crippen molar-refractivity contribution in [2.45, 2.75) is 45.2 Å². The van der Waals surface area contributed by atoms with E-state index in [-0.39, 0.29) is 6.61 Å². The van der Waals surface area contributed by atoms with Crippen molar-refractivity contribution in [3.8, 4) is 11.8 Å². The number of thiophene rings is 1. The highest BCUT2D eigenvalue weighted by Crippen LogP contribution is 2.24. The number of likely N-dealkylation sites (tertiary alicyclic amines) is 1. The summed E-state index contributed by atoms with van der Waals surface area (Å²) in [5.74, 6) is 5.68. The molecule has 1 unspecified atom stereocenters. The van der Waals surface area contributed by atoms with Gasteiger partial charge in [-0.1, -0.05) is 25.2 Å². The van der Waals surface area contributed by atoms with Gasteiger partial charge in [0, 0.05) is 17.5 Å². The first kappa shape index (κ1) is 13.6. The van der Waals surface area contributed by atoms with Crippen LogP contribution in [-0.2, 0) is 6.54 Å². The summed E-state index contributed by atoms with van der Waals surface area (Å²) in [6.07, 6.45) is 5.31. The number of aliphatic hydroxyl groups excluding tert-OH is 1. The highest BCUT2D eigenvalue weighted by Gasteiger charge is 2.20. The standard InChI is InChI=1S/C15H21NOS/c1-2-13-6-3-4-10-16(13)12-15-9-8-14(18-15)7-5-11-17/h8-9,13,17H,2-4,6,10-12H2,1H3. The van der Waals surface area contributed by atoms with Crippen molar-refractivity contribution < 1.29 is 5.11 Å². The van der Waals surface area contributed by atoms with Gasteiger partial charge in [-0.15, -0.1) is 11.3 Å². The van der Waals surface area contributed by atoms with Gasteiger partial charge in [-0.3, -0.25) is 4.90 Å². The van der Waals surface area contributed by atoms with E-state index >= 15 is 0 Å². The number of aliphatic hydroxyl groups is 1. The molecule has 1 aromatic heterocycles. The van der Waals surface area contributed by atoms with E-state index in [1.54, 1.807) is 11.3 Å². The Labute approximate surface area is 114 Å². The molecule has 3 heteroatoms. The molecule has 0 amide bonds. The Kier molecular flexibility index (Phi) is 5.25. The van der Waals surface area contributed by atoms with Crippen molar-refractivity contribution >= 4 is 11.3 Å². The fourth-order valence-electron chi connectivity index (χ4n) is 2.59. The maximum atomic E-state index is 8.68. The third kappa shape index (κ3) is 3.58. The molecule has 2 heterocycles. The number of hydrogen-bond donors (Lipinski definition) is 1. The summed E-state index contributed by atoms with van der Waals surface area (Å²) in [7, 11) is 0. The van der Waals surface area contributed by atoms with Crippen molar-refractivity contribution in [3.63, 3.8) is 0 Å². The van der Waals surface area contributed by atoms with Gasteiger partial charge in [0.25, 0.3) is 0 Å². The molecule has 0 aromatic carbocycles. The van der Waals surface area contributed by atoms with Crippen LogP contribution in [0.3, 0.4) is 0 Å². The topological polar surface area (TPSA) is 23.5 Å². The zero-order valence-corrected chi connectivity index (χ0v) is 11.8. The highest BCUT2D eigenvalue weighted by molar-refractivity contribution is 7.12. The number of rotatable bonds is 3. The summed E-state index contributed by atoms with van der Waals surface area (Å²) in [6.45, 7) is 4.52. The van der Waals surface area contributed by atoms with Crippen LogP contribution in [0.5, 0.6) is 0 Å². The minimum Gasteiger partial charge on any atom is -0.384 e. The Morgan fingerprint density at radius 3 is 3.11 bits per heavy atom. The largest absolute Gasteiger partial charge is 0.384 e. The number of hydrogen-bond acceptors (Lipinski definition) is 3. The predicted octanol–water partition coefficient (Wildman–Crippen LogP) is 2.86. The van der Waals surface area contributed by atoms with Gasteiger partial charge in [0.1, 0.15) is 6.61 Å². The molecule has 18 heavy (non-hydrogen) atoms. The highest BCUT2D eigenvalue weighted by atomic mass is 32.1. The van der Waals surface area contributed by atoms with E-state index in [2.05, 4.69) is 35.8 Å². The molecule has 1 aliphatic rings. The average Bonchev–Trinajstić information content (AvgIpc) is 2.84. The SMILES string of the molecule is CCC1CCCCN1Cc1ccc(C#CCO)s1. The predicted molar refractivity (Wildman–Crippen MR) is 76.6 cm³/mol. The Hall–Kier alpha value is -0.820. The van der Waals surface area contributed by atoms with E-state index in [1.807, 2.05) is 0 Å². The van der Waals surface area contributed by atoms with Gasteiger partial charge in [-0.25, -0.2) is 0 Å². The molecule has 0 aliphatic carbocycles. The van der Waals surface area contributed by atoms with Crippen LogP contribution < -0.4 is 0 Å². The summed E-state index contributed by atoms with van der Waals surface area (Å²) in [6, 6.07) is 4.99. The van der Waals surface area contributed by atoms with Crippen molar-refractivity contribution in [3.05, 3.63) is 21.9 Å². The molecule has 2 rings (SSSR count). The van der Waals surface area contributed by atoms with E-state index in [0.29, 0.717) is 0 Å². The second kappa shape index (κ2) is 6.94. The third-order valence-electron chi connectivity index (χ3n) is 3.53. The van der Waals surface area contributed by atoms with Gasteiger partial charge in [-0.05, 0) is 37.9 Å². The van der Waals surface area contributed by atoms with Crippen LogP contribution >= 0.6 is 11.3 Å². The fraction of sp³-hybridized carbons (Fsp3) is 0.600. The van der Waals surface area contributed by atoms with E-state index in [4.69, 9.17) is 5.11 Å². The van der Waals surface area contributed by atoms with Crippen LogP contribution in [0.25, 0.3) is 0 Å². The van der Waals surface area contributed by atoms with Gasteiger partial charge in [0.15, 0.2) is 0 Å². The van der Waals surface area contributed by atoms with Gasteiger partial charge < -0.3 is 5.11 Å². The number of piperidine rings is 1. The maximum Gasteiger partial charge on any atom is 0.104 e. The van der Waals surface area contributed by atoms with E-state index in [9.17, 15) is 0 Å². The molecule has 0 spiro atoms. The van der Waals surface area contributed by atoms with E-state index in [1.165, 1.54) is 37.1 Å². The summed E-state index contributed by atoms with van der Waals surface area (Å²) < 4.78 is 0. The van der Waals surface area contributed by atoms with E-state index < -0.39 is 0 Å². The van der Waals surface area contributed by atoms with Crippen LogP contribution in [0.15, 0.2) is 12.1 Å². The molecular formula is C15H21NOS. The van der Waals surface area contributed by atoms with Crippen molar-refractivity contribution in [1.29, 1.82) is 0 Å². The molecule has 2 nitrogen and oxygen atoms in total. The molecule has 1 fully saturated rings. The summed E-state index contributed by atoms with van der Waals surface area (Å²) >= 11 is 1.75. The lowest BCUT2D eigenvalue weighted by molar-refractivity contribution is 0.137. The molecule has 0 bridgehead atoms. The van der Waals surface area contributed by atoms with Crippen molar-refractivity contribution in [2.75, 3.05) is 13.2 Å². The van der Waals surface area contributed by atoms with Gasteiger partial charge in [0.2, 0.25) is 0 Å². The van der Waals surface area contributed by atoms with E-state index in [0.717, 1.165) is 17.5 Å². The quantitative estimate of drug-likeness (QED) is 0.848. The van der Waals surface area contributed by atoms with Crippen molar-refractivity contribution in [1.82, 2.24) is 4.90 Å². The summed E-state index contributed by atoms with van der Waals surface area (Å²) in [5, 5.41) is 8.68. The second-order valence-corrected chi connectivity index (χ2v) is 5.92. The Morgan fingerprint density at radius 2 is 2.33 bits per heavy atom. The zero-order chi connectivity index (χ0) is 12.8. The molecule has 98 valence electrons. The first-order valence-electron chi connectivity index (χ1n) is 6.76. The first-order chi connectivity index (χ1) is 8.83. The molecule has 1 saturated heterocycles. The maximum absolute atomic E-state index is 8.68. The average molecular weight is 263 g/mol. The number of nitrogens with zero attached hydrogens (tertiary/aromatic N) is 1. The van der Waals surface area contributed by atoms with Gasteiger partial charge >= 0.3 is 0 Å². The fourth-order valence-corrected chi connectivity index (χ4v) is 3.50. The van der Waals surface area contributed by atoms with Gasteiger partial charge in [0.05, 0.1) is 4.88 Å². The molecule has 0 saturated carbocycles. The van der Waals surface area contributed by atoms with Crippen molar-refractivity contribution in [2.24, 2.45) is 0 Å².